The Morgan fingerprint density at radius 2 is 1.73 bits per heavy atom. The number of benzene rings is 1. The molecule has 0 aliphatic carbocycles. The first-order chi connectivity index (χ1) is 10.3. The Hall–Kier alpha value is -1.88. The summed E-state index contributed by atoms with van der Waals surface area (Å²) in [4.78, 5) is 23.4. The van der Waals surface area contributed by atoms with Crippen molar-refractivity contribution < 1.29 is 14.7 Å². The molecule has 5 heteroatoms. The second-order valence-corrected chi connectivity index (χ2v) is 6.31. The van der Waals surface area contributed by atoms with Crippen LogP contribution in [0.2, 0.25) is 0 Å². The molecular formula is C17H26N2O3. The second-order valence-electron chi connectivity index (χ2n) is 6.31. The Bertz CT molecular complexity index is 507. The summed E-state index contributed by atoms with van der Waals surface area (Å²) >= 11 is 0. The number of aliphatic hydroxyl groups excluding tert-OH is 1. The molecule has 2 amide bonds. The molecule has 0 heterocycles. The lowest BCUT2D eigenvalue weighted by Crippen LogP contribution is -2.35. The van der Waals surface area contributed by atoms with Gasteiger partial charge in [-0.3, -0.25) is 9.59 Å². The zero-order chi connectivity index (χ0) is 16.6. The summed E-state index contributed by atoms with van der Waals surface area (Å²) in [6.07, 6.45) is 0.973. The van der Waals surface area contributed by atoms with E-state index in [2.05, 4.69) is 10.6 Å². The molecule has 122 valence electrons. The van der Waals surface area contributed by atoms with Gasteiger partial charge in [0, 0.05) is 24.9 Å². The minimum absolute atomic E-state index is 0.00946. The monoisotopic (exact) mass is 306 g/mol. The molecule has 0 aliphatic heterocycles. The molecule has 0 saturated carbocycles. The van der Waals surface area contributed by atoms with E-state index in [0.717, 1.165) is 11.1 Å². The van der Waals surface area contributed by atoms with Crippen molar-refractivity contribution in [1.29, 1.82) is 0 Å². The Morgan fingerprint density at radius 1 is 1.09 bits per heavy atom. The molecular weight excluding hydrogens is 280 g/mol. The maximum Gasteiger partial charge on any atom is 0.225 e. The molecule has 0 fully saturated rings. The van der Waals surface area contributed by atoms with Crippen molar-refractivity contribution in [1.82, 2.24) is 10.6 Å². The summed E-state index contributed by atoms with van der Waals surface area (Å²) in [6, 6.07) is 7.45. The van der Waals surface area contributed by atoms with E-state index < -0.39 is 5.41 Å². The quantitative estimate of drug-likeness (QED) is 0.671. The maximum absolute atomic E-state index is 11.8. The Balaban J connectivity index is 2.26. The Labute approximate surface area is 132 Å². The smallest absolute Gasteiger partial charge is 0.225 e. The van der Waals surface area contributed by atoms with Gasteiger partial charge in [-0.15, -0.1) is 0 Å². The Kier molecular flexibility index (Phi) is 7.05. The first-order valence-electron chi connectivity index (χ1n) is 7.57. The fourth-order valence-electron chi connectivity index (χ4n) is 1.88. The summed E-state index contributed by atoms with van der Waals surface area (Å²) < 4.78 is 0. The van der Waals surface area contributed by atoms with Crippen LogP contribution in [0.15, 0.2) is 24.3 Å². The van der Waals surface area contributed by atoms with Gasteiger partial charge in [-0.25, -0.2) is 0 Å². The number of carbonyl (C=O) groups is 2. The van der Waals surface area contributed by atoms with E-state index in [0.29, 0.717) is 25.9 Å². The summed E-state index contributed by atoms with van der Waals surface area (Å²) in [6.45, 7) is 6.43. The van der Waals surface area contributed by atoms with Crippen molar-refractivity contribution >= 4 is 11.8 Å². The van der Waals surface area contributed by atoms with Crippen molar-refractivity contribution in [3.05, 3.63) is 35.4 Å². The van der Waals surface area contributed by atoms with Gasteiger partial charge in [-0.1, -0.05) is 45.0 Å². The van der Waals surface area contributed by atoms with Crippen LogP contribution in [0.1, 0.15) is 44.7 Å². The van der Waals surface area contributed by atoms with E-state index >= 15 is 0 Å². The molecule has 0 unspecified atom stereocenters. The van der Waals surface area contributed by atoms with Crippen molar-refractivity contribution in [3.63, 3.8) is 0 Å². The van der Waals surface area contributed by atoms with Gasteiger partial charge in [0.25, 0.3) is 0 Å². The summed E-state index contributed by atoms with van der Waals surface area (Å²) in [7, 11) is 0. The largest absolute Gasteiger partial charge is 0.392 e. The fraction of sp³-hybridized carbons (Fsp3) is 0.529. The maximum atomic E-state index is 11.8. The molecule has 0 spiro atoms. The summed E-state index contributed by atoms with van der Waals surface area (Å²) in [5, 5.41) is 14.9. The minimum atomic E-state index is -0.406. The van der Waals surface area contributed by atoms with Crippen LogP contribution in [0.3, 0.4) is 0 Å². The number of hydrogen-bond acceptors (Lipinski definition) is 3. The molecule has 0 atom stereocenters. The van der Waals surface area contributed by atoms with Gasteiger partial charge in [-0.2, -0.15) is 0 Å². The van der Waals surface area contributed by atoms with Crippen LogP contribution in [0.4, 0.5) is 0 Å². The second kappa shape index (κ2) is 8.54. The molecule has 0 bridgehead atoms. The molecule has 22 heavy (non-hydrogen) atoms. The third-order valence-corrected chi connectivity index (χ3v) is 3.31. The molecule has 1 aromatic carbocycles. The summed E-state index contributed by atoms with van der Waals surface area (Å²) in [5.41, 5.74) is 1.33. The third kappa shape index (κ3) is 6.26. The molecule has 0 saturated heterocycles. The topological polar surface area (TPSA) is 78.4 Å². The van der Waals surface area contributed by atoms with Crippen LogP contribution >= 0.6 is 0 Å². The van der Waals surface area contributed by atoms with E-state index in [1.54, 1.807) is 0 Å². The van der Waals surface area contributed by atoms with E-state index in [4.69, 9.17) is 0 Å². The van der Waals surface area contributed by atoms with Crippen LogP contribution in [0.25, 0.3) is 0 Å². The van der Waals surface area contributed by atoms with Crippen LogP contribution in [-0.2, 0) is 22.7 Å². The van der Waals surface area contributed by atoms with Gasteiger partial charge in [0.15, 0.2) is 0 Å². The number of aliphatic hydroxyl groups is 1. The molecule has 0 aromatic heterocycles. The van der Waals surface area contributed by atoms with E-state index in [9.17, 15) is 14.7 Å². The number of hydrogen-bond donors (Lipinski definition) is 3. The van der Waals surface area contributed by atoms with Gasteiger partial charge in [-0.05, 0) is 17.5 Å². The van der Waals surface area contributed by atoms with Gasteiger partial charge in [0.1, 0.15) is 0 Å². The van der Waals surface area contributed by atoms with Crippen LogP contribution in [0, 0.1) is 5.41 Å². The first-order valence-corrected chi connectivity index (χ1v) is 7.57. The molecule has 1 aromatic rings. The van der Waals surface area contributed by atoms with Crippen molar-refractivity contribution in [3.8, 4) is 0 Å². The Morgan fingerprint density at radius 3 is 2.32 bits per heavy atom. The van der Waals surface area contributed by atoms with Gasteiger partial charge < -0.3 is 15.7 Å². The number of rotatable bonds is 7. The highest BCUT2D eigenvalue weighted by atomic mass is 16.3. The van der Waals surface area contributed by atoms with E-state index in [1.165, 1.54) is 0 Å². The van der Waals surface area contributed by atoms with Crippen molar-refractivity contribution in [2.24, 2.45) is 5.41 Å². The zero-order valence-corrected chi connectivity index (χ0v) is 13.6. The zero-order valence-electron chi connectivity index (χ0n) is 13.6. The highest BCUT2D eigenvalue weighted by Gasteiger charge is 2.20. The standard InChI is InChI=1S/C17H26N2O3/c1-17(2,3)16(22)18-10-6-9-15(21)19-11-13-7-4-5-8-14(13)12-20/h4-5,7-8,20H,6,9-12H2,1-3H3,(H,18,22)(H,19,21). The first kappa shape index (κ1) is 18.2. The average molecular weight is 306 g/mol. The lowest BCUT2D eigenvalue weighted by Gasteiger charge is -2.17. The predicted molar refractivity (Wildman–Crippen MR) is 85.9 cm³/mol. The molecule has 0 radical (unpaired) electrons. The lowest BCUT2D eigenvalue weighted by molar-refractivity contribution is -0.128. The van der Waals surface area contributed by atoms with E-state index in [-0.39, 0.29) is 18.4 Å². The summed E-state index contributed by atoms with van der Waals surface area (Å²) in [5.74, 6) is -0.0671. The van der Waals surface area contributed by atoms with E-state index in [1.807, 2.05) is 45.0 Å². The van der Waals surface area contributed by atoms with Gasteiger partial charge in [0.2, 0.25) is 11.8 Å². The minimum Gasteiger partial charge on any atom is -0.392 e. The van der Waals surface area contributed by atoms with Crippen molar-refractivity contribution in [2.45, 2.75) is 46.8 Å². The highest BCUT2D eigenvalue weighted by Crippen LogP contribution is 2.12. The fourth-order valence-corrected chi connectivity index (χ4v) is 1.88. The van der Waals surface area contributed by atoms with Gasteiger partial charge >= 0.3 is 0 Å². The highest BCUT2D eigenvalue weighted by molar-refractivity contribution is 5.81. The number of amides is 2. The number of nitrogens with one attached hydrogen (secondary N) is 2. The molecule has 1 rings (SSSR count). The molecule has 5 nitrogen and oxygen atoms in total. The van der Waals surface area contributed by atoms with Crippen LogP contribution in [-0.4, -0.2) is 23.5 Å². The normalized spacial score (nSPS) is 11.1. The average Bonchev–Trinajstić information content (AvgIpc) is 2.48. The lowest BCUT2D eigenvalue weighted by atomic mass is 9.96. The molecule has 3 N–H and O–H groups in total. The SMILES string of the molecule is CC(C)(C)C(=O)NCCCC(=O)NCc1ccccc1CO. The third-order valence-electron chi connectivity index (χ3n) is 3.31. The number of carbonyl (C=O) groups excluding carboxylic acids is 2. The van der Waals surface area contributed by atoms with Crippen LogP contribution < -0.4 is 10.6 Å². The molecule has 0 aliphatic rings. The predicted octanol–water partition coefficient (Wildman–Crippen LogP) is 1.74. The van der Waals surface area contributed by atoms with Crippen molar-refractivity contribution in [2.75, 3.05) is 6.54 Å². The van der Waals surface area contributed by atoms with Crippen LogP contribution in [0.5, 0.6) is 0 Å². The van der Waals surface area contributed by atoms with Gasteiger partial charge in [0.05, 0.1) is 6.61 Å².